The Morgan fingerprint density at radius 1 is 0.257 bits per heavy atom. The van der Waals surface area contributed by atoms with Crippen molar-refractivity contribution in [2.45, 2.75) is 399 Å². The van der Waals surface area contributed by atoms with Crippen molar-refractivity contribution in [3.8, 4) is 0 Å². The Morgan fingerprint density at radius 3 is 0.743 bits per heavy atom. The van der Waals surface area contributed by atoms with Gasteiger partial charge in [-0.05, 0) is 148 Å². The van der Waals surface area contributed by atoms with Crippen molar-refractivity contribution in [2.24, 2.45) is 0 Å². The monoisotopic (exact) mass is 1620 g/mol. The number of hydrogen-bond donors (Lipinski definition) is 4. The van der Waals surface area contributed by atoms with Crippen LogP contribution < -0.4 is 0 Å². The first-order valence-electron chi connectivity index (χ1n) is 45.1. The molecule has 0 rings (SSSR count). The summed E-state index contributed by atoms with van der Waals surface area (Å²) in [6.45, 7) is 2.54. The van der Waals surface area contributed by atoms with E-state index >= 15 is 0 Å². The van der Waals surface area contributed by atoms with Gasteiger partial charge in [0, 0.05) is 19.3 Å². The van der Waals surface area contributed by atoms with Crippen LogP contribution in [0.15, 0.2) is 146 Å². The third kappa shape index (κ3) is 88.1. The Hall–Kier alpha value is -4.57. The molecule has 0 aliphatic rings. The van der Waals surface area contributed by atoms with E-state index in [0.29, 0.717) is 19.3 Å². The molecule has 0 fully saturated rings. The molecule has 5 unspecified atom stereocenters. The third-order valence-electron chi connectivity index (χ3n) is 19.0. The van der Waals surface area contributed by atoms with E-state index in [1.54, 1.807) is 0 Å². The largest absolute Gasteiger partial charge is 0.472 e. The molecule has 113 heavy (non-hydrogen) atoms. The molecule has 0 aromatic heterocycles. The topological polar surface area (TPSA) is 231 Å². The molecule has 0 heterocycles. The van der Waals surface area contributed by atoms with Crippen molar-refractivity contribution in [2.75, 3.05) is 39.6 Å². The van der Waals surface area contributed by atoms with Gasteiger partial charge in [0.05, 0.1) is 26.4 Å². The second kappa shape index (κ2) is 86.8. The second-order valence-electron chi connectivity index (χ2n) is 30.0. The number of aliphatic hydroxyl groups is 2. The van der Waals surface area contributed by atoms with Gasteiger partial charge in [-0.1, -0.05) is 359 Å². The Kier molecular flexibility index (Phi) is 83.3. The van der Waals surface area contributed by atoms with Crippen molar-refractivity contribution >= 4 is 33.6 Å². The summed E-state index contributed by atoms with van der Waals surface area (Å²) in [6.07, 6.45) is 109. The number of phosphoric acid groups is 2. The van der Waals surface area contributed by atoms with Crippen LogP contribution in [-0.2, 0) is 55.8 Å². The van der Waals surface area contributed by atoms with Crippen molar-refractivity contribution in [3.05, 3.63) is 146 Å². The first-order valence-corrected chi connectivity index (χ1v) is 48.1. The van der Waals surface area contributed by atoms with E-state index < -0.39 is 91.5 Å². The third-order valence-corrected chi connectivity index (χ3v) is 20.9. The van der Waals surface area contributed by atoms with Gasteiger partial charge in [0.2, 0.25) is 0 Å². The zero-order valence-electron chi connectivity index (χ0n) is 71.5. The standard InChI is InChI=1S/C95H164O16P2/c1-4-7-10-13-16-19-22-25-28-30-32-34-36-38-40-42-44-46-48-50-52-54-56-58-61-63-66-69-72-75-78-81-93(98)105-84-90(96)85-107-112(101,102)108-86-91(97)87-109-113(103,104)110-89-92(111-95(100)83-80-77-74-71-68-65-60-27-24-21-18-15-12-9-6-3)88-106-94(99)82-79-76-73-70-67-64-62-59-57-55-53-51-49-47-45-43-41-39-37-35-33-31-29-26-23-20-17-14-11-8-5-2/h7,10,16-21,25-29,32-35,38-41,44,46,60,90-92,96-97H,4-6,8-9,11-15,22-24,30-31,36-37,42-43,45,47-59,61-89H2,1-3H3,(H,101,102)(H,103,104)/b10-7-,19-16-,20-17-,21-18-,28-25-,29-26-,34-32-,35-33-,40-38-,41-39-,46-44-,60-27-. The molecule has 16 nitrogen and oxygen atoms in total. The number of aliphatic hydroxyl groups excluding tert-OH is 2. The van der Waals surface area contributed by atoms with Gasteiger partial charge in [0.25, 0.3) is 0 Å². The number of ether oxygens (including phenoxy) is 3. The minimum absolute atomic E-state index is 0.0878. The van der Waals surface area contributed by atoms with E-state index in [-0.39, 0.29) is 19.3 Å². The minimum atomic E-state index is -4.94. The lowest BCUT2D eigenvalue weighted by Crippen LogP contribution is -2.30. The smallest absolute Gasteiger partial charge is 0.463 e. The number of hydrogen-bond acceptors (Lipinski definition) is 14. The number of rotatable bonds is 85. The Morgan fingerprint density at radius 2 is 0.469 bits per heavy atom. The van der Waals surface area contributed by atoms with Gasteiger partial charge in [0.1, 0.15) is 25.4 Å². The normalized spacial score (nSPS) is 14.5. The summed E-state index contributed by atoms with van der Waals surface area (Å²) in [5.41, 5.74) is 0. The van der Waals surface area contributed by atoms with E-state index in [1.807, 2.05) is 0 Å². The van der Waals surface area contributed by atoms with Gasteiger partial charge < -0.3 is 34.2 Å². The van der Waals surface area contributed by atoms with Gasteiger partial charge in [0.15, 0.2) is 6.10 Å². The molecule has 0 spiro atoms. The molecule has 4 N–H and O–H groups in total. The van der Waals surface area contributed by atoms with Crippen LogP contribution in [0.2, 0.25) is 0 Å². The molecule has 0 radical (unpaired) electrons. The highest BCUT2D eigenvalue weighted by Gasteiger charge is 2.29. The van der Waals surface area contributed by atoms with Crippen molar-refractivity contribution < 1.29 is 75.8 Å². The summed E-state index contributed by atoms with van der Waals surface area (Å²) < 4.78 is 61.4. The summed E-state index contributed by atoms with van der Waals surface area (Å²) >= 11 is 0. The molecule has 650 valence electrons. The Balaban J connectivity index is 4.49. The SMILES string of the molecule is CC/C=C\C/C=C\C/C=C\C/C=C\C/C=C\C/C=C\CCCCCCCCCCCCCCC(=O)OCC(O)COP(=O)(O)OCC(O)COP(=O)(O)OCC(COC(=O)CCCCCCCCCCCCCCCCC/C=C\C/C=C\C/C=C\C/C=C\CCCCC)OC(=O)CCCCCCC/C=C\C/C=C\CCCCC. The second-order valence-corrected chi connectivity index (χ2v) is 32.9. The van der Waals surface area contributed by atoms with Gasteiger partial charge in [-0.25, -0.2) is 9.13 Å². The lowest BCUT2D eigenvalue weighted by atomic mass is 10.0. The number of allylic oxidation sites excluding steroid dienone is 24. The molecule has 0 aromatic rings. The molecule has 0 saturated carbocycles. The fourth-order valence-electron chi connectivity index (χ4n) is 12.2. The highest BCUT2D eigenvalue weighted by Crippen LogP contribution is 2.45. The predicted octanol–water partition coefficient (Wildman–Crippen LogP) is 27.6. The number of unbranched alkanes of at least 4 members (excludes halogenated alkanes) is 38. The van der Waals surface area contributed by atoms with Crippen LogP contribution in [0, 0.1) is 0 Å². The number of phosphoric ester groups is 2. The maximum Gasteiger partial charge on any atom is 0.472 e. The lowest BCUT2D eigenvalue weighted by Gasteiger charge is -2.21. The number of carbonyl (C=O) groups excluding carboxylic acids is 3. The lowest BCUT2D eigenvalue weighted by molar-refractivity contribution is -0.161. The summed E-state index contributed by atoms with van der Waals surface area (Å²) in [4.78, 5) is 58.9. The molecule has 0 bridgehead atoms. The first kappa shape index (κ1) is 108. The van der Waals surface area contributed by atoms with Crippen LogP contribution in [0.25, 0.3) is 0 Å². The van der Waals surface area contributed by atoms with Crippen molar-refractivity contribution in [1.29, 1.82) is 0 Å². The molecule has 5 atom stereocenters. The fraction of sp³-hybridized carbons (Fsp3) is 0.716. The Labute approximate surface area is 689 Å². The summed E-state index contributed by atoms with van der Waals surface area (Å²) in [5, 5.41) is 20.7. The highest BCUT2D eigenvalue weighted by atomic mass is 31.2. The van der Waals surface area contributed by atoms with Gasteiger partial charge in [-0.15, -0.1) is 0 Å². The van der Waals surface area contributed by atoms with Gasteiger partial charge >= 0.3 is 33.6 Å². The maximum atomic E-state index is 13.0. The van der Waals surface area contributed by atoms with Crippen LogP contribution in [0.1, 0.15) is 380 Å². The summed E-state index contributed by atoms with van der Waals surface area (Å²) in [6, 6.07) is 0. The van der Waals surface area contributed by atoms with E-state index in [0.717, 1.165) is 148 Å². The molecule has 18 heteroatoms. The van der Waals surface area contributed by atoms with Crippen LogP contribution in [0.3, 0.4) is 0 Å². The van der Waals surface area contributed by atoms with E-state index in [1.165, 1.54) is 173 Å². The summed E-state index contributed by atoms with van der Waals surface area (Å²) in [5.74, 6) is -1.58. The van der Waals surface area contributed by atoms with Crippen molar-refractivity contribution in [3.63, 3.8) is 0 Å². The summed E-state index contributed by atoms with van der Waals surface area (Å²) in [7, 11) is -9.80. The Bertz CT molecular complexity index is 2630. The molecule has 0 aliphatic heterocycles. The van der Waals surface area contributed by atoms with Gasteiger partial charge in [-0.2, -0.15) is 0 Å². The zero-order chi connectivity index (χ0) is 82.2. The number of carbonyl (C=O) groups is 3. The average molecular weight is 1620 g/mol. The van der Waals surface area contributed by atoms with E-state index in [2.05, 4.69) is 167 Å². The van der Waals surface area contributed by atoms with Crippen LogP contribution in [-0.4, -0.2) is 95.9 Å². The molecule has 0 saturated heterocycles. The van der Waals surface area contributed by atoms with Crippen LogP contribution in [0.5, 0.6) is 0 Å². The number of esters is 3. The van der Waals surface area contributed by atoms with Crippen LogP contribution >= 0.6 is 15.6 Å². The van der Waals surface area contributed by atoms with Gasteiger partial charge in [-0.3, -0.25) is 32.5 Å². The quantitative estimate of drug-likeness (QED) is 0.0146. The minimum Gasteiger partial charge on any atom is -0.463 e. The van der Waals surface area contributed by atoms with E-state index in [9.17, 15) is 43.5 Å². The molecule has 0 aliphatic carbocycles. The average Bonchev–Trinajstić information content (AvgIpc) is 0.903. The molecular formula is C95H164O16P2. The first-order chi connectivity index (χ1) is 55.2. The van der Waals surface area contributed by atoms with Crippen LogP contribution in [0.4, 0.5) is 0 Å². The predicted molar refractivity (Wildman–Crippen MR) is 473 cm³/mol. The maximum absolute atomic E-state index is 13.0. The zero-order valence-corrected chi connectivity index (χ0v) is 73.3. The molecule has 0 amide bonds. The molecule has 0 aromatic carbocycles. The fourth-order valence-corrected chi connectivity index (χ4v) is 13.8. The molecular weight excluding hydrogens is 1460 g/mol. The highest BCUT2D eigenvalue weighted by molar-refractivity contribution is 7.47. The van der Waals surface area contributed by atoms with E-state index in [4.69, 9.17) is 32.3 Å². The van der Waals surface area contributed by atoms with Crippen molar-refractivity contribution in [1.82, 2.24) is 0 Å².